The Labute approximate surface area is 110 Å². The molecule has 0 N–H and O–H groups in total. The zero-order valence-corrected chi connectivity index (χ0v) is 13.1. The second-order valence-electron chi connectivity index (χ2n) is 7.19. The van der Waals surface area contributed by atoms with Crippen LogP contribution in [0.1, 0.15) is 80.1 Å². The van der Waals surface area contributed by atoms with Crippen LogP contribution in [0.15, 0.2) is 0 Å². The molecule has 0 heterocycles. The van der Waals surface area contributed by atoms with Gasteiger partial charge in [0.2, 0.25) is 0 Å². The van der Waals surface area contributed by atoms with E-state index in [4.69, 9.17) is 0 Å². The van der Waals surface area contributed by atoms with Gasteiger partial charge >= 0.3 is 0 Å². The van der Waals surface area contributed by atoms with Crippen LogP contribution in [0.2, 0.25) is 0 Å². The van der Waals surface area contributed by atoms with Gasteiger partial charge in [-0.1, -0.05) is 54.4 Å². The van der Waals surface area contributed by atoms with Crippen LogP contribution in [0.3, 0.4) is 0 Å². The van der Waals surface area contributed by atoms with E-state index < -0.39 is 0 Å². The van der Waals surface area contributed by atoms with Crippen LogP contribution in [-0.2, 0) is 0 Å². The minimum Gasteiger partial charge on any atom is -0.0654 e. The molecule has 0 heteroatoms. The van der Waals surface area contributed by atoms with Gasteiger partial charge in [-0.05, 0) is 54.8 Å². The molecule has 1 aliphatic rings. The Balaban J connectivity index is 2.63. The Hall–Kier alpha value is 0. The molecule has 0 aromatic carbocycles. The van der Waals surface area contributed by atoms with Gasteiger partial charge in [0.05, 0.1) is 0 Å². The molecule has 1 saturated carbocycles. The fourth-order valence-electron chi connectivity index (χ4n) is 4.14. The molecule has 1 aliphatic carbocycles. The first-order chi connectivity index (χ1) is 7.95. The maximum absolute atomic E-state index is 2.45. The highest BCUT2D eigenvalue weighted by molar-refractivity contribution is 4.96. The average molecular weight is 238 g/mol. The highest BCUT2D eigenvalue weighted by atomic mass is 14.5. The van der Waals surface area contributed by atoms with E-state index in [0.29, 0.717) is 0 Å². The quantitative estimate of drug-likeness (QED) is 0.517. The largest absolute Gasteiger partial charge is 0.0654 e. The molecule has 0 aliphatic heterocycles. The van der Waals surface area contributed by atoms with E-state index in [2.05, 4.69) is 41.5 Å². The third-order valence-corrected chi connectivity index (χ3v) is 5.41. The van der Waals surface area contributed by atoms with Crippen molar-refractivity contribution >= 4 is 0 Å². The summed E-state index contributed by atoms with van der Waals surface area (Å²) in [6.45, 7) is 14.4. The van der Waals surface area contributed by atoms with Gasteiger partial charge in [-0.15, -0.1) is 0 Å². The summed E-state index contributed by atoms with van der Waals surface area (Å²) < 4.78 is 0. The van der Waals surface area contributed by atoms with Crippen molar-refractivity contribution in [3.63, 3.8) is 0 Å². The van der Waals surface area contributed by atoms with Crippen LogP contribution in [0.5, 0.6) is 0 Å². The zero-order chi connectivity index (χ0) is 13.1. The van der Waals surface area contributed by atoms with Crippen LogP contribution in [-0.4, -0.2) is 0 Å². The van der Waals surface area contributed by atoms with E-state index in [9.17, 15) is 0 Å². The van der Waals surface area contributed by atoms with Crippen LogP contribution in [0, 0.1) is 29.1 Å². The van der Waals surface area contributed by atoms with Crippen LogP contribution < -0.4 is 0 Å². The molecule has 1 rings (SSSR count). The van der Waals surface area contributed by atoms with E-state index in [1.165, 1.54) is 38.5 Å². The number of rotatable bonds is 7. The maximum atomic E-state index is 2.45. The summed E-state index contributed by atoms with van der Waals surface area (Å²) in [5.41, 5.74) is 0.728. The Kier molecular flexibility index (Phi) is 5.54. The summed E-state index contributed by atoms with van der Waals surface area (Å²) in [4.78, 5) is 0. The fraction of sp³-hybridized carbons (Fsp3) is 1.00. The van der Waals surface area contributed by atoms with Crippen molar-refractivity contribution in [2.24, 2.45) is 29.1 Å². The zero-order valence-electron chi connectivity index (χ0n) is 13.1. The molecule has 0 nitrogen and oxygen atoms in total. The lowest BCUT2D eigenvalue weighted by Crippen LogP contribution is -2.43. The summed E-state index contributed by atoms with van der Waals surface area (Å²) in [6, 6.07) is 0. The third kappa shape index (κ3) is 3.48. The third-order valence-electron chi connectivity index (χ3n) is 5.41. The lowest BCUT2D eigenvalue weighted by Gasteiger charge is -2.53. The molecule has 2 atom stereocenters. The van der Waals surface area contributed by atoms with Gasteiger partial charge in [-0.3, -0.25) is 0 Å². The minimum atomic E-state index is 0.728. The first-order valence-corrected chi connectivity index (χ1v) is 7.95. The minimum absolute atomic E-state index is 0.728. The van der Waals surface area contributed by atoms with E-state index in [0.717, 1.165) is 29.1 Å². The Morgan fingerprint density at radius 2 is 1.71 bits per heavy atom. The summed E-state index contributed by atoms with van der Waals surface area (Å²) >= 11 is 0. The standard InChI is InChI=1S/C17H34/c1-7-9-17(11-14(5)12-17)16(8-2)10-15(6)13(3)4/h13-16H,7-12H2,1-6H3. The second kappa shape index (κ2) is 6.25. The van der Waals surface area contributed by atoms with E-state index in [1.54, 1.807) is 0 Å². The molecule has 2 unspecified atom stereocenters. The molecule has 0 amide bonds. The van der Waals surface area contributed by atoms with Crippen molar-refractivity contribution in [3.05, 3.63) is 0 Å². The summed E-state index contributed by atoms with van der Waals surface area (Å²) in [5, 5.41) is 0. The molecule has 17 heavy (non-hydrogen) atoms. The van der Waals surface area contributed by atoms with Gasteiger partial charge < -0.3 is 0 Å². The summed E-state index contributed by atoms with van der Waals surface area (Å²) in [7, 11) is 0. The topological polar surface area (TPSA) is 0 Å². The maximum Gasteiger partial charge on any atom is -0.0264 e. The Morgan fingerprint density at radius 3 is 2.06 bits per heavy atom. The summed E-state index contributed by atoms with van der Waals surface area (Å²) in [5.74, 6) is 3.71. The first kappa shape index (κ1) is 15.1. The monoisotopic (exact) mass is 238 g/mol. The van der Waals surface area contributed by atoms with Crippen LogP contribution >= 0.6 is 0 Å². The highest BCUT2D eigenvalue weighted by Gasteiger charge is 2.46. The van der Waals surface area contributed by atoms with Gasteiger partial charge in [-0.25, -0.2) is 0 Å². The van der Waals surface area contributed by atoms with Crippen LogP contribution in [0.4, 0.5) is 0 Å². The van der Waals surface area contributed by atoms with Crippen molar-refractivity contribution in [2.45, 2.75) is 80.1 Å². The van der Waals surface area contributed by atoms with Gasteiger partial charge in [0.15, 0.2) is 0 Å². The fourth-order valence-corrected chi connectivity index (χ4v) is 4.14. The predicted octanol–water partition coefficient (Wildman–Crippen LogP) is 5.91. The molecule has 0 radical (unpaired) electrons. The first-order valence-electron chi connectivity index (χ1n) is 7.95. The van der Waals surface area contributed by atoms with Gasteiger partial charge in [0.25, 0.3) is 0 Å². The van der Waals surface area contributed by atoms with Gasteiger partial charge in [-0.2, -0.15) is 0 Å². The molecular weight excluding hydrogens is 204 g/mol. The molecule has 0 aromatic rings. The van der Waals surface area contributed by atoms with E-state index in [-0.39, 0.29) is 0 Å². The number of hydrogen-bond donors (Lipinski definition) is 0. The Morgan fingerprint density at radius 1 is 1.12 bits per heavy atom. The second-order valence-corrected chi connectivity index (χ2v) is 7.19. The van der Waals surface area contributed by atoms with Gasteiger partial charge in [0, 0.05) is 0 Å². The Bertz CT molecular complexity index is 205. The van der Waals surface area contributed by atoms with E-state index >= 15 is 0 Å². The summed E-state index contributed by atoms with van der Waals surface area (Å²) in [6.07, 6.45) is 8.71. The van der Waals surface area contributed by atoms with Crippen molar-refractivity contribution in [1.29, 1.82) is 0 Å². The van der Waals surface area contributed by atoms with Gasteiger partial charge in [0.1, 0.15) is 0 Å². The van der Waals surface area contributed by atoms with Crippen molar-refractivity contribution in [2.75, 3.05) is 0 Å². The normalized spacial score (nSPS) is 32.3. The lowest BCUT2D eigenvalue weighted by atomic mass is 9.52. The van der Waals surface area contributed by atoms with Crippen LogP contribution in [0.25, 0.3) is 0 Å². The van der Waals surface area contributed by atoms with Crippen molar-refractivity contribution in [3.8, 4) is 0 Å². The molecule has 1 fully saturated rings. The molecule has 0 aromatic heterocycles. The van der Waals surface area contributed by atoms with Crippen molar-refractivity contribution in [1.82, 2.24) is 0 Å². The molecule has 0 spiro atoms. The van der Waals surface area contributed by atoms with E-state index in [1.807, 2.05) is 0 Å². The van der Waals surface area contributed by atoms with Crippen molar-refractivity contribution < 1.29 is 0 Å². The average Bonchev–Trinajstić information content (AvgIpc) is 2.23. The number of hydrogen-bond acceptors (Lipinski definition) is 0. The smallest absolute Gasteiger partial charge is 0.0264 e. The molecule has 0 saturated heterocycles. The molecule has 0 bridgehead atoms. The highest BCUT2D eigenvalue weighted by Crippen LogP contribution is 2.56. The molecule has 102 valence electrons. The lowest BCUT2D eigenvalue weighted by molar-refractivity contribution is -0.0241. The SMILES string of the molecule is CCCC1(C(CC)CC(C)C(C)C)CC(C)C1. The molecular formula is C17H34. The predicted molar refractivity (Wildman–Crippen MR) is 78.1 cm³/mol.